The first-order valence-corrected chi connectivity index (χ1v) is 7.69. The van der Waals surface area contributed by atoms with Gasteiger partial charge in [0.05, 0.1) is 0 Å². The van der Waals surface area contributed by atoms with Crippen LogP contribution in [0.5, 0.6) is 0 Å². The summed E-state index contributed by atoms with van der Waals surface area (Å²) in [5.41, 5.74) is 5.64. The van der Waals surface area contributed by atoms with Crippen molar-refractivity contribution in [3.05, 3.63) is 29.6 Å². The zero-order valence-electron chi connectivity index (χ0n) is 13.0. The Kier molecular flexibility index (Phi) is 5.13. The number of aromatic nitrogens is 1. The molecule has 1 aromatic heterocycles. The third-order valence-electron chi connectivity index (χ3n) is 4.92. The summed E-state index contributed by atoms with van der Waals surface area (Å²) < 4.78 is 0. The molecule has 1 aromatic rings. The normalized spacial score (nSPS) is 19.4. The summed E-state index contributed by atoms with van der Waals surface area (Å²) in [6.07, 6.45) is 8.91. The Bertz CT molecular complexity index is 407. The number of nitrogens with two attached hydrogens (primary N) is 1. The van der Waals surface area contributed by atoms with Gasteiger partial charge in [0.25, 0.3) is 0 Å². The van der Waals surface area contributed by atoms with Gasteiger partial charge >= 0.3 is 0 Å². The molecule has 1 atom stereocenters. The van der Waals surface area contributed by atoms with Crippen LogP contribution in [-0.4, -0.2) is 35.6 Å². The SMILES string of the molecule is CCc1ccc(CC(NN)C2(N(C)C)CCCC2)nc1. The zero-order valence-corrected chi connectivity index (χ0v) is 13.0. The van der Waals surface area contributed by atoms with Crippen LogP contribution in [0, 0.1) is 0 Å². The van der Waals surface area contributed by atoms with Crippen LogP contribution < -0.4 is 11.3 Å². The molecule has 0 saturated heterocycles. The number of likely N-dealkylation sites (N-methyl/N-ethyl adjacent to an activating group) is 1. The van der Waals surface area contributed by atoms with E-state index < -0.39 is 0 Å². The van der Waals surface area contributed by atoms with Gasteiger partial charge in [0.15, 0.2) is 0 Å². The van der Waals surface area contributed by atoms with Crippen LogP contribution in [0.2, 0.25) is 0 Å². The van der Waals surface area contributed by atoms with Gasteiger partial charge in [0, 0.05) is 29.9 Å². The monoisotopic (exact) mass is 276 g/mol. The molecule has 0 spiro atoms. The predicted molar refractivity (Wildman–Crippen MR) is 83.3 cm³/mol. The van der Waals surface area contributed by atoms with Gasteiger partial charge in [-0.25, -0.2) is 0 Å². The first-order chi connectivity index (χ1) is 9.62. The molecule has 2 rings (SSSR count). The number of pyridine rings is 1. The first kappa shape index (κ1) is 15.4. The minimum Gasteiger partial charge on any atom is -0.302 e. The van der Waals surface area contributed by atoms with Gasteiger partial charge in [0.1, 0.15) is 0 Å². The van der Waals surface area contributed by atoms with Crippen LogP contribution in [0.4, 0.5) is 0 Å². The lowest BCUT2D eigenvalue weighted by atomic mass is 9.84. The molecule has 4 heteroatoms. The minimum atomic E-state index is 0.167. The molecule has 1 fully saturated rings. The molecule has 0 aromatic carbocycles. The van der Waals surface area contributed by atoms with Crippen LogP contribution in [-0.2, 0) is 12.8 Å². The summed E-state index contributed by atoms with van der Waals surface area (Å²) in [7, 11) is 4.34. The molecule has 0 radical (unpaired) electrons. The molecule has 0 bridgehead atoms. The Labute approximate surface area is 122 Å². The van der Waals surface area contributed by atoms with Crippen molar-refractivity contribution in [3.63, 3.8) is 0 Å². The summed E-state index contributed by atoms with van der Waals surface area (Å²) in [4.78, 5) is 6.94. The van der Waals surface area contributed by atoms with Gasteiger partial charge in [-0.05, 0) is 45.0 Å². The van der Waals surface area contributed by atoms with Crippen LogP contribution in [0.3, 0.4) is 0 Å². The van der Waals surface area contributed by atoms with E-state index in [9.17, 15) is 0 Å². The summed E-state index contributed by atoms with van der Waals surface area (Å²) in [6.45, 7) is 2.15. The number of hydrogen-bond donors (Lipinski definition) is 2. The van der Waals surface area contributed by atoms with Gasteiger partial charge in [-0.1, -0.05) is 25.8 Å². The number of nitrogens with one attached hydrogen (secondary N) is 1. The predicted octanol–water partition coefficient (Wildman–Crippen LogP) is 1.89. The fourth-order valence-electron chi connectivity index (χ4n) is 3.49. The van der Waals surface area contributed by atoms with Crippen LogP contribution in [0.25, 0.3) is 0 Å². The Hall–Kier alpha value is -0.970. The van der Waals surface area contributed by atoms with Crippen molar-refractivity contribution < 1.29 is 0 Å². The maximum Gasteiger partial charge on any atom is 0.0449 e. The lowest BCUT2D eigenvalue weighted by molar-refractivity contribution is 0.104. The quantitative estimate of drug-likeness (QED) is 0.615. The molecule has 0 amide bonds. The number of hydrazine groups is 1. The second-order valence-electron chi connectivity index (χ2n) is 6.14. The Morgan fingerprint density at radius 1 is 1.35 bits per heavy atom. The zero-order chi connectivity index (χ0) is 14.6. The Balaban J connectivity index is 2.14. The fourth-order valence-corrected chi connectivity index (χ4v) is 3.49. The largest absolute Gasteiger partial charge is 0.302 e. The highest BCUT2D eigenvalue weighted by Gasteiger charge is 2.42. The number of rotatable bonds is 6. The molecule has 1 heterocycles. The molecule has 1 saturated carbocycles. The van der Waals surface area contributed by atoms with E-state index in [1.54, 1.807) is 0 Å². The number of hydrogen-bond acceptors (Lipinski definition) is 4. The smallest absolute Gasteiger partial charge is 0.0449 e. The standard InChI is InChI=1S/C16H28N4/c1-4-13-7-8-14(18-12-13)11-15(19-17)16(20(2)3)9-5-6-10-16/h7-8,12,15,19H,4-6,9-11,17H2,1-3H3. The van der Waals surface area contributed by atoms with Gasteiger partial charge in [0.2, 0.25) is 0 Å². The first-order valence-electron chi connectivity index (χ1n) is 7.69. The molecular weight excluding hydrogens is 248 g/mol. The van der Waals surface area contributed by atoms with Crippen molar-refractivity contribution in [2.75, 3.05) is 14.1 Å². The molecule has 3 N–H and O–H groups in total. The highest BCUT2D eigenvalue weighted by atomic mass is 15.3. The Morgan fingerprint density at radius 2 is 2.05 bits per heavy atom. The maximum absolute atomic E-state index is 5.88. The minimum absolute atomic E-state index is 0.167. The maximum atomic E-state index is 5.88. The lowest BCUT2D eigenvalue weighted by Gasteiger charge is -2.43. The van der Waals surface area contributed by atoms with Crippen molar-refractivity contribution in [2.45, 2.75) is 57.0 Å². The van der Waals surface area contributed by atoms with Gasteiger partial charge in [-0.2, -0.15) is 0 Å². The average Bonchev–Trinajstić information content (AvgIpc) is 2.96. The van der Waals surface area contributed by atoms with E-state index in [-0.39, 0.29) is 11.6 Å². The molecule has 1 aliphatic carbocycles. The highest BCUT2D eigenvalue weighted by molar-refractivity contribution is 5.16. The second-order valence-corrected chi connectivity index (χ2v) is 6.14. The van der Waals surface area contributed by atoms with Gasteiger partial charge in [-0.15, -0.1) is 0 Å². The van der Waals surface area contributed by atoms with Gasteiger partial charge in [-0.3, -0.25) is 16.3 Å². The lowest BCUT2D eigenvalue weighted by Crippen LogP contribution is -2.60. The van der Waals surface area contributed by atoms with Crippen molar-refractivity contribution in [2.24, 2.45) is 5.84 Å². The molecule has 20 heavy (non-hydrogen) atoms. The summed E-state index contributed by atoms with van der Waals surface area (Å²) in [5, 5.41) is 0. The molecule has 4 nitrogen and oxygen atoms in total. The second kappa shape index (κ2) is 6.66. The molecule has 0 aliphatic heterocycles. The fraction of sp³-hybridized carbons (Fsp3) is 0.688. The van der Waals surface area contributed by atoms with E-state index in [2.05, 4.69) is 48.5 Å². The van der Waals surface area contributed by atoms with Crippen molar-refractivity contribution >= 4 is 0 Å². The summed E-state index contributed by atoms with van der Waals surface area (Å²) in [5.74, 6) is 5.88. The van der Waals surface area contributed by atoms with Crippen molar-refractivity contribution in [3.8, 4) is 0 Å². The van der Waals surface area contributed by atoms with Crippen molar-refractivity contribution in [1.29, 1.82) is 0 Å². The van der Waals surface area contributed by atoms with E-state index in [4.69, 9.17) is 5.84 Å². The molecule has 1 unspecified atom stereocenters. The van der Waals surface area contributed by atoms with E-state index in [0.717, 1.165) is 18.5 Å². The van der Waals surface area contributed by atoms with E-state index in [1.165, 1.54) is 31.2 Å². The molecule has 112 valence electrons. The average molecular weight is 276 g/mol. The topological polar surface area (TPSA) is 54.2 Å². The summed E-state index contributed by atoms with van der Waals surface area (Å²) >= 11 is 0. The van der Waals surface area contributed by atoms with E-state index >= 15 is 0 Å². The third-order valence-corrected chi connectivity index (χ3v) is 4.92. The van der Waals surface area contributed by atoms with Gasteiger partial charge < -0.3 is 4.90 Å². The highest BCUT2D eigenvalue weighted by Crippen LogP contribution is 2.37. The summed E-state index contributed by atoms with van der Waals surface area (Å²) in [6, 6.07) is 4.56. The van der Waals surface area contributed by atoms with Crippen LogP contribution in [0.1, 0.15) is 43.9 Å². The number of nitrogens with zero attached hydrogens (tertiary/aromatic N) is 2. The van der Waals surface area contributed by atoms with Crippen LogP contribution in [0.15, 0.2) is 18.3 Å². The Morgan fingerprint density at radius 3 is 2.50 bits per heavy atom. The number of aryl methyl sites for hydroxylation is 1. The van der Waals surface area contributed by atoms with E-state index in [1.807, 2.05) is 6.20 Å². The molecular formula is C16H28N4. The van der Waals surface area contributed by atoms with Crippen molar-refractivity contribution in [1.82, 2.24) is 15.3 Å². The molecule has 1 aliphatic rings. The van der Waals surface area contributed by atoms with Crippen LogP contribution >= 0.6 is 0 Å². The van der Waals surface area contributed by atoms with E-state index in [0.29, 0.717) is 0 Å². The third kappa shape index (κ3) is 3.03.